The fraction of sp³-hybridized carbons (Fsp3) is 0.538. The van der Waals surface area contributed by atoms with Gasteiger partial charge in [-0.25, -0.2) is 0 Å². The molecule has 0 radical (unpaired) electrons. The summed E-state index contributed by atoms with van der Waals surface area (Å²) in [6, 6.07) is 7.84. The molecule has 0 amide bonds. The number of ether oxygens (including phenoxy) is 1. The van der Waals surface area contributed by atoms with Gasteiger partial charge in [-0.1, -0.05) is 17.7 Å². The van der Waals surface area contributed by atoms with Crippen LogP contribution >= 0.6 is 11.6 Å². The Balaban J connectivity index is 2.00. The Kier molecular flexibility index (Phi) is 4.26. The standard InChI is InChI=1S/C13H19ClN2O/c1-9-5-6-13(17-9)12(8-15)16-11-4-2-3-10(14)7-11/h2-4,7,9,12-13,16H,5-6,8,15H2,1H3. The molecule has 1 aromatic rings. The highest BCUT2D eigenvalue weighted by Crippen LogP contribution is 2.24. The lowest BCUT2D eigenvalue weighted by molar-refractivity contribution is 0.0460. The van der Waals surface area contributed by atoms with Crippen LogP contribution in [0.1, 0.15) is 19.8 Å². The number of halogens is 1. The molecule has 2 rings (SSSR count). The number of anilines is 1. The largest absolute Gasteiger partial charge is 0.378 e. The topological polar surface area (TPSA) is 47.3 Å². The fourth-order valence-electron chi connectivity index (χ4n) is 2.23. The van der Waals surface area contributed by atoms with Crippen molar-refractivity contribution in [2.45, 2.75) is 38.0 Å². The molecule has 0 saturated carbocycles. The third kappa shape index (κ3) is 3.35. The summed E-state index contributed by atoms with van der Waals surface area (Å²) in [6.45, 7) is 2.66. The van der Waals surface area contributed by atoms with E-state index in [0.29, 0.717) is 12.6 Å². The monoisotopic (exact) mass is 254 g/mol. The van der Waals surface area contributed by atoms with Gasteiger partial charge in [0.25, 0.3) is 0 Å². The second-order valence-electron chi connectivity index (χ2n) is 4.56. The van der Waals surface area contributed by atoms with E-state index in [1.54, 1.807) is 0 Å². The summed E-state index contributed by atoms with van der Waals surface area (Å²) in [6.07, 6.45) is 2.72. The molecule has 1 fully saturated rings. The lowest BCUT2D eigenvalue weighted by Gasteiger charge is -2.24. The van der Waals surface area contributed by atoms with Crippen molar-refractivity contribution in [1.29, 1.82) is 0 Å². The van der Waals surface area contributed by atoms with Crippen LogP contribution in [-0.4, -0.2) is 24.8 Å². The summed E-state index contributed by atoms with van der Waals surface area (Å²) in [7, 11) is 0. The average Bonchev–Trinajstić information content (AvgIpc) is 2.73. The molecular weight excluding hydrogens is 236 g/mol. The second-order valence-corrected chi connectivity index (χ2v) is 5.00. The number of nitrogens with two attached hydrogens (primary N) is 1. The Hall–Kier alpha value is -0.770. The molecule has 1 aliphatic heterocycles. The number of rotatable bonds is 4. The van der Waals surface area contributed by atoms with E-state index >= 15 is 0 Å². The summed E-state index contributed by atoms with van der Waals surface area (Å²) < 4.78 is 5.84. The van der Waals surface area contributed by atoms with Crippen molar-refractivity contribution >= 4 is 17.3 Å². The Morgan fingerprint density at radius 2 is 2.35 bits per heavy atom. The van der Waals surface area contributed by atoms with Gasteiger partial charge < -0.3 is 15.8 Å². The van der Waals surface area contributed by atoms with E-state index < -0.39 is 0 Å². The minimum atomic E-state index is 0.151. The van der Waals surface area contributed by atoms with Crippen LogP contribution in [0.3, 0.4) is 0 Å². The Labute approximate surface area is 107 Å². The van der Waals surface area contributed by atoms with Gasteiger partial charge in [-0.15, -0.1) is 0 Å². The predicted molar refractivity (Wildman–Crippen MR) is 71.5 cm³/mol. The molecule has 1 saturated heterocycles. The molecular formula is C13H19ClN2O. The van der Waals surface area contributed by atoms with Crippen molar-refractivity contribution in [3.05, 3.63) is 29.3 Å². The van der Waals surface area contributed by atoms with Crippen LogP contribution in [0.4, 0.5) is 5.69 Å². The zero-order valence-corrected chi connectivity index (χ0v) is 10.8. The van der Waals surface area contributed by atoms with Gasteiger partial charge in [-0.2, -0.15) is 0 Å². The molecule has 17 heavy (non-hydrogen) atoms. The summed E-state index contributed by atoms with van der Waals surface area (Å²) in [5.74, 6) is 0. The molecule has 0 aliphatic carbocycles. The first-order chi connectivity index (χ1) is 8.19. The average molecular weight is 255 g/mol. The second kappa shape index (κ2) is 5.71. The molecule has 4 heteroatoms. The van der Waals surface area contributed by atoms with E-state index in [-0.39, 0.29) is 12.1 Å². The van der Waals surface area contributed by atoms with Gasteiger partial charge >= 0.3 is 0 Å². The highest BCUT2D eigenvalue weighted by Gasteiger charge is 2.28. The molecule has 0 spiro atoms. The summed E-state index contributed by atoms with van der Waals surface area (Å²) in [5.41, 5.74) is 6.80. The molecule has 0 aromatic heterocycles. The first kappa shape index (κ1) is 12.7. The highest BCUT2D eigenvalue weighted by molar-refractivity contribution is 6.30. The SMILES string of the molecule is CC1CCC(C(CN)Nc2cccc(Cl)c2)O1. The van der Waals surface area contributed by atoms with Crippen molar-refractivity contribution in [2.75, 3.05) is 11.9 Å². The van der Waals surface area contributed by atoms with Crippen LogP contribution in [0, 0.1) is 0 Å². The number of hydrogen-bond donors (Lipinski definition) is 2. The maximum absolute atomic E-state index is 5.95. The van der Waals surface area contributed by atoms with Gasteiger partial charge in [0.2, 0.25) is 0 Å². The molecule has 94 valence electrons. The first-order valence-corrected chi connectivity index (χ1v) is 6.44. The maximum atomic E-state index is 5.95. The Bertz CT molecular complexity index is 372. The van der Waals surface area contributed by atoms with Gasteiger partial charge in [-0.3, -0.25) is 0 Å². The van der Waals surface area contributed by atoms with Crippen molar-refractivity contribution in [1.82, 2.24) is 0 Å². The molecule has 1 aliphatic rings. The smallest absolute Gasteiger partial charge is 0.0792 e. The van der Waals surface area contributed by atoms with E-state index in [4.69, 9.17) is 22.1 Å². The number of nitrogens with one attached hydrogen (secondary N) is 1. The van der Waals surface area contributed by atoms with Crippen LogP contribution in [-0.2, 0) is 4.74 Å². The Morgan fingerprint density at radius 3 is 2.94 bits per heavy atom. The molecule has 3 unspecified atom stereocenters. The van der Waals surface area contributed by atoms with Gasteiger partial charge in [-0.05, 0) is 38.0 Å². The normalized spacial score (nSPS) is 25.8. The fourth-order valence-corrected chi connectivity index (χ4v) is 2.42. The summed E-state index contributed by atoms with van der Waals surface area (Å²) >= 11 is 5.95. The minimum Gasteiger partial charge on any atom is -0.378 e. The van der Waals surface area contributed by atoms with Crippen molar-refractivity contribution in [3.8, 4) is 0 Å². The third-order valence-electron chi connectivity index (χ3n) is 3.14. The van der Waals surface area contributed by atoms with E-state index in [0.717, 1.165) is 23.6 Å². The first-order valence-electron chi connectivity index (χ1n) is 6.06. The van der Waals surface area contributed by atoms with E-state index in [2.05, 4.69) is 12.2 Å². The maximum Gasteiger partial charge on any atom is 0.0792 e. The lowest BCUT2D eigenvalue weighted by Crippen LogP contribution is -2.40. The number of benzene rings is 1. The van der Waals surface area contributed by atoms with E-state index in [1.807, 2.05) is 24.3 Å². The molecule has 3 atom stereocenters. The quantitative estimate of drug-likeness (QED) is 0.869. The van der Waals surface area contributed by atoms with Crippen LogP contribution in [0.5, 0.6) is 0 Å². The summed E-state index contributed by atoms with van der Waals surface area (Å²) in [4.78, 5) is 0. The third-order valence-corrected chi connectivity index (χ3v) is 3.38. The van der Waals surface area contributed by atoms with Crippen LogP contribution < -0.4 is 11.1 Å². The van der Waals surface area contributed by atoms with Gasteiger partial charge in [0.15, 0.2) is 0 Å². The minimum absolute atomic E-state index is 0.151. The van der Waals surface area contributed by atoms with Crippen LogP contribution in [0.15, 0.2) is 24.3 Å². The lowest BCUT2D eigenvalue weighted by atomic mass is 10.1. The van der Waals surface area contributed by atoms with E-state index in [1.165, 1.54) is 0 Å². The van der Waals surface area contributed by atoms with Gasteiger partial charge in [0, 0.05) is 17.3 Å². The Morgan fingerprint density at radius 1 is 1.53 bits per heavy atom. The van der Waals surface area contributed by atoms with Crippen LogP contribution in [0.25, 0.3) is 0 Å². The summed E-state index contributed by atoms with van der Waals surface area (Å²) in [5, 5.41) is 4.13. The number of hydrogen-bond acceptors (Lipinski definition) is 3. The van der Waals surface area contributed by atoms with Crippen molar-refractivity contribution in [3.63, 3.8) is 0 Å². The van der Waals surface area contributed by atoms with Crippen molar-refractivity contribution < 1.29 is 4.74 Å². The van der Waals surface area contributed by atoms with Gasteiger partial charge in [0.05, 0.1) is 18.2 Å². The highest BCUT2D eigenvalue weighted by atomic mass is 35.5. The van der Waals surface area contributed by atoms with Crippen LogP contribution in [0.2, 0.25) is 5.02 Å². The van der Waals surface area contributed by atoms with Gasteiger partial charge in [0.1, 0.15) is 0 Å². The molecule has 3 N–H and O–H groups in total. The zero-order chi connectivity index (χ0) is 12.3. The molecule has 3 nitrogen and oxygen atoms in total. The predicted octanol–water partition coefficient (Wildman–Crippen LogP) is 2.65. The molecule has 1 heterocycles. The molecule has 1 aromatic carbocycles. The van der Waals surface area contributed by atoms with Crippen molar-refractivity contribution in [2.24, 2.45) is 5.73 Å². The zero-order valence-electron chi connectivity index (χ0n) is 10.0. The van der Waals surface area contributed by atoms with E-state index in [9.17, 15) is 0 Å². The molecule has 0 bridgehead atoms.